The average Bonchev–Trinajstić information content (AvgIpc) is 3.29. The molecule has 0 fully saturated rings. The number of hydrogen-bond donors (Lipinski definition) is 3. The fourth-order valence-corrected chi connectivity index (χ4v) is 0.904. The van der Waals surface area contributed by atoms with Crippen LogP contribution < -0.4 is 15.3 Å². The Morgan fingerprint density at radius 1 is 0.640 bits per heavy atom. The molecule has 0 spiro atoms. The first-order valence-corrected chi connectivity index (χ1v) is 5.65. The minimum absolute atomic E-state index is 0. The van der Waals surface area contributed by atoms with Crippen LogP contribution in [0.4, 0.5) is 0 Å². The van der Waals surface area contributed by atoms with E-state index in [0.717, 1.165) is 18.6 Å². The maximum atomic E-state index is 9.83. The summed E-state index contributed by atoms with van der Waals surface area (Å²) >= 11 is 0. The molecular formula is C9H6CrN9O6. The summed E-state index contributed by atoms with van der Waals surface area (Å²) in [5, 5.41) is 55.1. The number of nitrogens with one attached hydrogen (secondary N) is 3. The van der Waals surface area contributed by atoms with Crippen LogP contribution in [0.15, 0.2) is 18.6 Å². The maximum Gasteiger partial charge on any atom is 3.00 e. The fourth-order valence-electron chi connectivity index (χ4n) is 0.904. The minimum Gasteiger partial charge on any atom is -0.543 e. The molecule has 3 aromatic rings. The number of nitrogens with zero attached hydrogens (tertiary/aromatic N) is 6. The molecule has 1 radical (unpaired) electrons. The van der Waals surface area contributed by atoms with Gasteiger partial charge in [0.05, 0.1) is 36.5 Å². The normalized spacial score (nSPS) is 8.64. The third kappa shape index (κ3) is 7.96. The molecule has 0 unspecified atom stereocenters. The third-order valence-electron chi connectivity index (χ3n) is 1.88. The van der Waals surface area contributed by atoms with Crippen LogP contribution in [0, 0.1) is 0 Å². The van der Waals surface area contributed by atoms with Gasteiger partial charge in [-0.25, -0.2) is 0 Å². The summed E-state index contributed by atoms with van der Waals surface area (Å²) < 4.78 is 0. The van der Waals surface area contributed by atoms with Crippen LogP contribution in [-0.4, -0.2) is 64.1 Å². The number of rotatable bonds is 3. The quantitative estimate of drug-likeness (QED) is 0.380. The van der Waals surface area contributed by atoms with Crippen LogP contribution >= 0.6 is 0 Å². The van der Waals surface area contributed by atoms with Crippen molar-refractivity contribution in [3.05, 3.63) is 35.7 Å². The summed E-state index contributed by atoms with van der Waals surface area (Å²) in [7, 11) is 0. The van der Waals surface area contributed by atoms with Crippen LogP contribution in [0.1, 0.15) is 31.5 Å². The van der Waals surface area contributed by atoms with Gasteiger partial charge in [0.25, 0.3) is 0 Å². The first kappa shape index (κ1) is 21.4. The summed E-state index contributed by atoms with van der Waals surface area (Å²) in [5.74, 6) is -3.96. The Bertz CT molecular complexity index is 653. The number of H-pyrrole nitrogens is 3. The number of carboxylic acid groups (broad SMARTS) is 3. The number of aromatic amines is 3. The Labute approximate surface area is 147 Å². The molecule has 0 saturated heterocycles. The molecule has 16 heteroatoms. The van der Waals surface area contributed by atoms with E-state index < -0.39 is 17.9 Å². The van der Waals surface area contributed by atoms with E-state index in [1.54, 1.807) is 0 Å². The number of hydrogen-bond acceptors (Lipinski definition) is 12. The molecule has 0 atom stereocenters. The first-order valence-electron chi connectivity index (χ1n) is 5.65. The van der Waals surface area contributed by atoms with E-state index in [1.807, 2.05) is 0 Å². The summed E-state index contributed by atoms with van der Waals surface area (Å²) in [6.07, 6.45) is 3.44. The molecule has 0 aromatic carbocycles. The van der Waals surface area contributed by atoms with Crippen LogP contribution in [0.3, 0.4) is 0 Å². The SMILES string of the molecule is O=C([O-])c1c[nH]nn1.O=C([O-])c1c[nH]nn1.O=C([O-])c1c[nH]nn1.[Cr+3]. The Balaban J connectivity index is 0.000000339. The zero-order valence-electron chi connectivity index (χ0n) is 11.8. The zero-order valence-corrected chi connectivity index (χ0v) is 13.0. The molecule has 0 aliphatic heterocycles. The standard InChI is InChI=1S/3C3H3N3O2.Cr/c3*7-3(8)2-1-4-6-5-2;/h3*1H,(H,7,8)(H,4,5,6);/q;;;+3/p-3. The molecule has 0 aliphatic carbocycles. The maximum absolute atomic E-state index is 9.83. The second-order valence-corrected chi connectivity index (χ2v) is 3.44. The fraction of sp³-hybridized carbons (Fsp3) is 0. The van der Waals surface area contributed by atoms with E-state index in [0.29, 0.717) is 0 Å². The monoisotopic (exact) mass is 388 g/mol. The first-order chi connectivity index (χ1) is 11.4. The molecule has 0 saturated carbocycles. The molecule has 0 bridgehead atoms. The minimum atomic E-state index is -1.32. The van der Waals surface area contributed by atoms with Gasteiger partial charge in [-0.2, -0.15) is 0 Å². The number of carbonyl (C=O) groups excluding carboxylic acids is 3. The van der Waals surface area contributed by atoms with Crippen LogP contribution in [0.2, 0.25) is 0 Å². The Morgan fingerprint density at radius 2 is 0.880 bits per heavy atom. The summed E-state index contributed by atoms with van der Waals surface area (Å²) in [6, 6.07) is 0. The number of aromatic nitrogens is 9. The molecule has 0 aliphatic rings. The van der Waals surface area contributed by atoms with Gasteiger partial charge in [-0.1, -0.05) is 15.6 Å². The molecule has 25 heavy (non-hydrogen) atoms. The molecule has 3 N–H and O–H groups in total. The Hall–Kier alpha value is -3.64. The van der Waals surface area contributed by atoms with Gasteiger partial charge < -0.3 is 29.7 Å². The Morgan fingerprint density at radius 3 is 0.960 bits per heavy atom. The molecule has 129 valence electrons. The largest absolute Gasteiger partial charge is 3.00 e. The van der Waals surface area contributed by atoms with E-state index in [4.69, 9.17) is 0 Å². The predicted molar refractivity (Wildman–Crippen MR) is 62.1 cm³/mol. The van der Waals surface area contributed by atoms with Crippen molar-refractivity contribution in [3.63, 3.8) is 0 Å². The molecule has 3 aromatic heterocycles. The molecule has 3 rings (SSSR count). The van der Waals surface area contributed by atoms with Gasteiger partial charge in [-0.15, -0.1) is 15.3 Å². The van der Waals surface area contributed by atoms with Crippen LogP contribution in [0.25, 0.3) is 0 Å². The second kappa shape index (κ2) is 11.0. The molecule has 0 amide bonds. The van der Waals surface area contributed by atoms with Gasteiger partial charge in [0.1, 0.15) is 17.1 Å². The topological polar surface area (TPSA) is 245 Å². The van der Waals surface area contributed by atoms with E-state index in [1.165, 1.54) is 0 Å². The van der Waals surface area contributed by atoms with Crippen molar-refractivity contribution in [2.75, 3.05) is 0 Å². The predicted octanol–water partition coefficient (Wildman–Crippen LogP) is -5.50. The molecule has 15 nitrogen and oxygen atoms in total. The van der Waals surface area contributed by atoms with Crippen molar-refractivity contribution in [1.29, 1.82) is 0 Å². The summed E-state index contributed by atoms with van der Waals surface area (Å²) in [6.45, 7) is 0. The van der Waals surface area contributed by atoms with Crippen molar-refractivity contribution in [2.24, 2.45) is 0 Å². The number of aromatic carboxylic acids is 3. The van der Waals surface area contributed by atoms with Gasteiger partial charge >= 0.3 is 17.4 Å². The van der Waals surface area contributed by atoms with Crippen molar-refractivity contribution >= 4 is 17.9 Å². The smallest absolute Gasteiger partial charge is 0.543 e. The van der Waals surface area contributed by atoms with Gasteiger partial charge in [0.2, 0.25) is 0 Å². The van der Waals surface area contributed by atoms with Crippen LogP contribution in [-0.2, 0) is 17.4 Å². The van der Waals surface area contributed by atoms with Crippen molar-refractivity contribution in [2.45, 2.75) is 0 Å². The average molecular weight is 388 g/mol. The van der Waals surface area contributed by atoms with E-state index in [2.05, 4.69) is 46.2 Å². The van der Waals surface area contributed by atoms with Gasteiger partial charge in [0.15, 0.2) is 0 Å². The Kier molecular flexibility index (Phi) is 9.39. The van der Waals surface area contributed by atoms with Crippen molar-refractivity contribution in [1.82, 2.24) is 46.2 Å². The van der Waals surface area contributed by atoms with Gasteiger partial charge in [-0.3, -0.25) is 15.3 Å². The van der Waals surface area contributed by atoms with E-state index in [9.17, 15) is 29.7 Å². The number of carbonyl (C=O) groups is 3. The van der Waals surface area contributed by atoms with Crippen molar-refractivity contribution < 1.29 is 47.1 Å². The van der Waals surface area contributed by atoms with Gasteiger partial charge in [0, 0.05) is 0 Å². The second-order valence-electron chi connectivity index (χ2n) is 3.44. The van der Waals surface area contributed by atoms with Gasteiger partial charge in [-0.05, 0) is 0 Å². The number of carboxylic acids is 3. The van der Waals surface area contributed by atoms with E-state index >= 15 is 0 Å². The summed E-state index contributed by atoms with van der Waals surface area (Å²) in [5.41, 5.74) is -0.528. The molecular weight excluding hydrogens is 382 g/mol. The van der Waals surface area contributed by atoms with Crippen LogP contribution in [0.5, 0.6) is 0 Å². The zero-order chi connectivity index (χ0) is 17.9. The van der Waals surface area contributed by atoms with E-state index in [-0.39, 0.29) is 34.4 Å². The summed E-state index contributed by atoms with van der Waals surface area (Å²) in [4.78, 5) is 29.5. The molecule has 3 heterocycles. The van der Waals surface area contributed by atoms with Crippen molar-refractivity contribution in [3.8, 4) is 0 Å². The third-order valence-corrected chi connectivity index (χ3v) is 1.88.